The summed E-state index contributed by atoms with van der Waals surface area (Å²) in [7, 11) is 1.62. The number of benzene rings is 2. The Morgan fingerprint density at radius 2 is 2.09 bits per heavy atom. The van der Waals surface area contributed by atoms with Crippen molar-refractivity contribution < 1.29 is 9.21 Å². The molecule has 23 heavy (non-hydrogen) atoms. The lowest BCUT2D eigenvalue weighted by Crippen LogP contribution is -2.25. The van der Waals surface area contributed by atoms with E-state index in [1.807, 2.05) is 24.3 Å². The van der Waals surface area contributed by atoms with Crippen LogP contribution in [0, 0.1) is 0 Å². The molecule has 0 atom stereocenters. The Kier molecular flexibility index (Phi) is 4.21. The number of fused-ring (bicyclic) bond motifs is 1. The number of hydrogen-bond acceptors (Lipinski definition) is 3. The van der Waals surface area contributed by atoms with Gasteiger partial charge in [0.15, 0.2) is 5.58 Å². The fraction of sp³-hybridized carbons (Fsp3) is 0.176. The van der Waals surface area contributed by atoms with Crippen LogP contribution in [0.5, 0.6) is 0 Å². The van der Waals surface area contributed by atoms with Gasteiger partial charge >= 0.3 is 5.76 Å². The zero-order chi connectivity index (χ0) is 16.4. The molecule has 3 aromatic rings. The van der Waals surface area contributed by atoms with Crippen LogP contribution in [0.15, 0.2) is 51.7 Å². The van der Waals surface area contributed by atoms with Crippen molar-refractivity contribution >= 4 is 28.6 Å². The Morgan fingerprint density at radius 1 is 1.26 bits per heavy atom. The number of hydrogen-bond donors (Lipinski definition) is 1. The second-order valence-corrected chi connectivity index (χ2v) is 5.68. The molecule has 0 fully saturated rings. The van der Waals surface area contributed by atoms with Crippen LogP contribution in [0.1, 0.15) is 15.9 Å². The van der Waals surface area contributed by atoms with Gasteiger partial charge in [0.25, 0.3) is 5.91 Å². The molecule has 6 heteroatoms. The number of halogens is 1. The maximum atomic E-state index is 12.2. The van der Waals surface area contributed by atoms with E-state index in [2.05, 4.69) is 5.32 Å². The van der Waals surface area contributed by atoms with E-state index in [1.54, 1.807) is 25.2 Å². The van der Waals surface area contributed by atoms with E-state index in [9.17, 15) is 9.59 Å². The van der Waals surface area contributed by atoms with E-state index in [1.165, 1.54) is 4.57 Å². The topological polar surface area (TPSA) is 64.2 Å². The molecule has 0 bridgehead atoms. The molecule has 2 aromatic carbocycles. The molecule has 118 valence electrons. The number of aromatic nitrogens is 1. The minimum Gasteiger partial charge on any atom is -0.408 e. The third kappa shape index (κ3) is 3.29. The van der Waals surface area contributed by atoms with Gasteiger partial charge in [-0.1, -0.05) is 23.7 Å². The number of aryl methyl sites for hydroxylation is 1. The van der Waals surface area contributed by atoms with Gasteiger partial charge in [-0.25, -0.2) is 4.79 Å². The normalized spacial score (nSPS) is 10.9. The van der Waals surface area contributed by atoms with Crippen molar-refractivity contribution in [2.45, 2.75) is 6.42 Å². The maximum Gasteiger partial charge on any atom is 0.419 e. The third-order valence-electron chi connectivity index (χ3n) is 3.64. The van der Waals surface area contributed by atoms with E-state index in [0.29, 0.717) is 34.7 Å². The zero-order valence-corrected chi connectivity index (χ0v) is 13.3. The standard InChI is InChI=1S/C17H15ClN2O3/c1-20-14-6-5-12(10-15(14)23-17(20)22)16(21)19-8-7-11-3-2-4-13(18)9-11/h2-6,9-10H,7-8H2,1H3,(H,19,21). The molecule has 0 aliphatic heterocycles. The fourth-order valence-corrected chi connectivity index (χ4v) is 2.60. The van der Waals surface area contributed by atoms with Crippen LogP contribution in [0.25, 0.3) is 11.1 Å². The van der Waals surface area contributed by atoms with Gasteiger partial charge < -0.3 is 9.73 Å². The Balaban J connectivity index is 1.67. The first-order valence-corrected chi connectivity index (χ1v) is 7.54. The molecule has 1 heterocycles. The lowest BCUT2D eigenvalue weighted by Gasteiger charge is -2.06. The summed E-state index contributed by atoms with van der Waals surface area (Å²) in [6, 6.07) is 12.5. The summed E-state index contributed by atoms with van der Waals surface area (Å²) < 4.78 is 6.49. The van der Waals surface area contributed by atoms with E-state index in [-0.39, 0.29) is 5.91 Å². The van der Waals surface area contributed by atoms with E-state index in [4.69, 9.17) is 16.0 Å². The number of rotatable bonds is 4. The molecule has 0 saturated carbocycles. The Bertz CT molecular complexity index is 927. The first-order valence-electron chi connectivity index (χ1n) is 7.17. The average Bonchev–Trinajstić information content (AvgIpc) is 2.81. The molecule has 0 spiro atoms. The second kappa shape index (κ2) is 6.30. The van der Waals surface area contributed by atoms with Gasteiger partial charge in [-0.15, -0.1) is 0 Å². The number of carbonyl (C=O) groups is 1. The predicted molar refractivity (Wildman–Crippen MR) is 88.9 cm³/mol. The predicted octanol–water partition coefficient (Wildman–Crippen LogP) is 2.76. The molecule has 1 N–H and O–H groups in total. The van der Waals surface area contributed by atoms with Gasteiger partial charge in [-0.3, -0.25) is 9.36 Å². The van der Waals surface area contributed by atoms with E-state index in [0.717, 1.165) is 5.56 Å². The molecular weight excluding hydrogens is 316 g/mol. The summed E-state index contributed by atoms with van der Waals surface area (Å²) in [5.74, 6) is -0.654. The lowest BCUT2D eigenvalue weighted by atomic mass is 10.1. The summed E-state index contributed by atoms with van der Waals surface area (Å²) in [5.41, 5.74) is 2.57. The van der Waals surface area contributed by atoms with Crippen LogP contribution in [-0.2, 0) is 13.5 Å². The molecule has 0 unspecified atom stereocenters. The highest BCUT2D eigenvalue weighted by Crippen LogP contribution is 2.14. The van der Waals surface area contributed by atoms with E-state index >= 15 is 0 Å². The summed E-state index contributed by atoms with van der Waals surface area (Å²) in [6.07, 6.45) is 0.689. The zero-order valence-electron chi connectivity index (χ0n) is 12.5. The van der Waals surface area contributed by atoms with Crippen LogP contribution in [0.4, 0.5) is 0 Å². The largest absolute Gasteiger partial charge is 0.419 e. The minimum atomic E-state index is -0.446. The van der Waals surface area contributed by atoms with Gasteiger partial charge in [-0.05, 0) is 42.3 Å². The Hall–Kier alpha value is -2.53. The van der Waals surface area contributed by atoms with Gasteiger partial charge in [0.1, 0.15) is 0 Å². The quantitative estimate of drug-likeness (QED) is 0.800. The third-order valence-corrected chi connectivity index (χ3v) is 3.88. The van der Waals surface area contributed by atoms with Crippen molar-refractivity contribution in [3.05, 3.63) is 69.2 Å². The molecule has 3 rings (SSSR count). The number of nitrogens with one attached hydrogen (secondary N) is 1. The van der Waals surface area contributed by atoms with Crippen LogP contribution >= 0.6 is 11.6 Å². The van der Waals surface area contributed by atoms with Crippen LogP contribution in [0.2, 0.25) is 5.02 Å². The number of carbonyl (C=O) groups excluding carboxylic acids is 1. The van der Waals surface area contributed by atoms with Crippen molar-refractivity contribution in [2.75, 3.05) is 6.54 Å². The van der Waals surface area contributed by atoms with Gasteiger partial charge in [-0.2, -0.15) is 0 Å². The van der Waals surface area contributed by atoms with Gasteiger partial charge in [0.2, 0.25) is 0 Å². The number of amides is 1. The molecular formula is C17H15ClN2O3. The SMILES string of the molecule is Cn1c(=O)oc2cc(C(=O)NCCc3cccc(Cl)c3)ccc21. The van der Waals surface area contributed by atoms with Crippen molar-refractivity contribution in [3.8, 4) is 0 Å². The smallest absolute Gasteiger partial charge is 0.408 e. The molecule has 0 aliphatic rings. The van der Waals surface area contributed by atoms with Crippen LogP contribution < -0.4 is 11.1 Å². The first-order chi connectivity index (χ1) is 11.0. The van der Waals surface area contributed by atoms with Crippen LogP contribution in [-0.4, -0.2) is 17.0 Å². The van der Waals surface area contributed by atoms with Crippen molar-refractivity contribution in [3.63, 3.8) is 0 Å². The molecule has 0 saturated heterocycles. The molecule has 0 aliphatic carbocycles. The number of nitrogens with zero attached hydrogens (tertiary/aromatic N) is 1. The maximum absolute atomic E-state index is 12.2. The van der Waals surface area contributed by atoms with Crippen molar-refractivity contribution in [2.24, 2.45) is 7.05 Å². The molecule has 5 nitrogen and oxygen atoms in total. The summed E-state index contributed by atoms with van der Waals surface area (Å²) in [6.45, 7) is 0.496. The summed E-state index contributed by atoms with van der Waals surface area (Å²) in [4.78, 5) is 23.6. The van der Waals surface area contributed by atoms with E-state index < -0.39 is 5.76 Å². The van der Waals surface area contributed by atoms with Gasteiger partial charge in [0.05, 0.1) is 5.52 Å². The molecule has 0 radical (unpaired) electrons. The van der Waals surface area contributed by atoms with Crippen molar-refractivity contribution in [1.29, 1.82) is 0 Å². The Labute approximate surface area is 137 Å². The fourth-order valence-electron chi connectivity index (χ4n) is 2.39. The highest BCUT2D eigenvalue weighted by molar-refractivity contribution is 6.30. The van der Waals surface area contributed by atoms with Crippen molar-refractivity contribution in [1.82, 2.24) is 9.88 Å². The number of oxazole rings is 1. The van der Waals surface area contributed by atoms with Crippen LogP contribution in [0.3, 0.4) is 0 Å². The van der Waals surface area contributed by atoms with Gasteiger partial charge in [0, 0.05) is 24.2 Å². The first kappa shape index (κ1) is 15.4. The average molecular weight is 331 g/mol. The second-order valence-electron chi connectivity index (χ2n) is 5.25. The lowest BCUT2D eigenvalue weighted by molar-refractivity contribution is 0.0954. The highest BCUT2D eigenvalue weighted by atomic mass is 35.5. The molecule has 1 aromatic heterocycles. The highest BCUT2D eigenvalue weighted by Gasteiger charge is 2.10. The Morgan fingerprint density at radius 3 is 2.87 bits per heavy atom. The summed E-state index contributed by atoms with van der Waals surface area (Å²) in [5, 5.41) is 3.52. The minimum absolute atomic E-state index is 0.208. The summed E-state index contributed by atoms with van der Waals surface area (Å²) >= 11 is 5.93. The monoisotopic (exact) mass is 330 g/mol. The molecule has 1 amide bonds.